The molecule has 1 aromatic rings. The SMILES string of the molecule is CN(CCCC(=O)O)c1ccc(F)c(F)c1. The lowest BCUT2D eigenvalue weighted by Crippen LogP contribution is -2.19. The molecule has 0 spiro atoms. The van der Waals surface area contributed by atoms with Gasteiger partial charge >= 0.3 is 5.97 Å². The van der Waals surface area contributed by atoms with Crippen molar-refractivity contribution in [3.63, 3.8) is 0 Å². The zero-order valence-corrected chi connectivity index (χ0v) is 8.91. The molecule has 0 aliphatic carbocycles. The molecule has 0 aliphatic rings. The molecule has 3 nitrogen and oxygen atoms in total. The molecule has 0 radical (unpaired) electrons. The average molecular weight is 229 g/mol. The maximum absolute atomic E-state index is 12.9. The van der Waals surface area contributed by atoms with Crippen LogP contribution in [0, 0.1) is 11.6 Å². The number of halogens is 2. The first-order chi connectivity index (χ1) is 7.50. The van der Waals surface area contributed by atoms with E-state index in [0.717, 1.165) is 12.1 Å². The van der Waals surface area contributed by atoms with Crippen molar-refractivity contribution in [2.45, 2.75) is 12.8 Å². The number of carbonyl (C=O) groups is 1. The highest BCUT2D eigenvalue weighted by Crippen LogP contribution is 2.16. The molecule has 1 N–H and O–H groups in total. The van der Waals surface area contributed by atoms with Crippen molar-refractivity contribution in [2.75, 3.05) is 18.5 Å². The number of anilines is 1. The molecule has 0 atom stereocenters. The fourth-order valence-electron chi connectivity index (χ4n) is 1.32. The molecule has 0 unspecified atom stereocenters. The molecule has 0 aliphatic heterocycles. The molecule has 88 valence electrons. The van der Waals surface area contributed by atoms with E-state index in [2.05, 4.69) is 0 Å². The molecule has 0 fully saturated rings. The summed E-state index contributed by atoms with van der Waals surface area (Å²) < 4.78 is 25.5. The van der Waals surface area contributed by atoms with Crippen LogP contribution in [-0.2, 0) is 4.79 Å². The van der Waals surface area contributed by atoms with Crippen LogP contribution >= 0.6 is 0 Å². The molecule has 0 amide bonds. The van der Waals surface area contributed by atoms with Crippen LogP contribution < -0.4 is 4.90 Å². The number of hydrogen-bond acceptors (Lipinski definition) is 2. The minimum atomic E-state index is -0.900. The molecule has 0 heterocycles. The smallest absolute Gasteiger partial charge is 0.303 e. The van der Waals surface area contributed by atoms with Gasteiger partial charge in [0, 0.05) is 31.8 Å². The van der Waals surface area contributed by atoms with Crippen LogP contribution in [-0.4, -0.2) is 24.7 Å². The van der Waals surface area contributed by atoms with Gasteiger partial charge in [0.15, 0.2) is 11.6 Å². The molecule has 1 aromatic carbocycles. The van der Waals surface area contributed by atoms with Gasteiger partial charge in [0.2, 0.25) is 0 Å². The van der Waals surface area contributed by atoms with Crippen molar-refractivity contribution in [1.29, 1.82) is 0 Å². The Morgan fingerprint density at radius 2 is 2.06 bits per heavy atom. The number of carboxylic acid groups (broad SMARTS) is 1. The predicted octanol–water partition coefficient (Wildman–Crippen LogP) is 2.27. The van der Waals surface area contributed by atoms with E-state index in [1.165, 1.54) is 6.07 Å². The van der Waals surface area contributed by atoms with Crippen LogP contribution in [0.5, 0.6) is 0 Å². The van der Waals surface area contributed by atoms with Crippen molar-refractivity contribution < 1.29 is 18.7 Å². The zero-order chi connectivity index (χ0) is 12.1. The van der Waals surface area contributed by atoms with Crippen molar-refractivity contribution in [2.24, 2.45) is 0 Å². The molecule has 16 heavy (non-hydrogen) atoms. The second kappa shape index (κ2) is 5.44. The molecule has 0 aromatic heterocycles. The normalized spacial score (nSPS) is 10.2. The van der Waals surface area contributed by atoms with E-state index >= 15 is 0 Å². The lowest BCUT2D eigenvalue weighted by molar-refractivity contribution is -0.137. The van der Waals surface area contributed by atoms with E-state index in [-0.39, 0.29) is 6.42 Å². The van der Waals surface area contributed by atoms with Gasteiger partial charge in [-0.25, -0.2) is 8.78 Å². The predicted molar refractivity (Wildman–Crippen MR) is 56.5 cm³/mol. The van der Waals surface area contributed by atoms with Crippen molar-refractivity contribution in [3.8, 4) is 0 Å². The van der Waals surface area contributed by atoms with Gasteiger partial charge in [-0.3, -0.25) is 4.79 Å². The summed E-state index contributed by atoms with van der Waals surface area (Å²) in [4.78, 5) is 12.0. The maximum atomic E-state index is 12.9. The number of nitrogens with zero attached hydrogens (tertiary/aromatic N) is 1. The van der Waals surface area contributed by atoms with Gasteiger partial charge in [0.05, 0.1) is 0 Å². The fraction of sp³-hybridized carbons (Fsp3) is 0.364. The Morgan fingerprint density at radius 3 is 2.62 bits per heavy atom. The van der Waals surface area contributed by atoms with E-state index in [1.807, 2.05) is 0 Å². The van der Waals surface area contributed by atoms with Gasteiger partial charge in [-0.15, -0.1) is 0 Å². The minimum Gasteiger partial charge on any atom is -0.481 e. The lowest BCUT2D eigenvalue weighted by Gasteiger charge is -2.18. The number of rotatable bonds is 5. The third-order valence-corrected chi connectivity index (χ3v) is 2.23. The van der Waals surface area contributed by atoms with Gasteiger partial charge in [0.1, 0.15) is 0 Å². The van der Waals surface area contributed by atoms with Crippen LogP contribution in [0.4, 0.5) is 14.5 Å². The number of carboxylic acids is 1. The minimum absolute atomic E-state index is 0.0635. The van der Waals surface area contributed by atoms with E-state index in [4.69, 9.17) is 5.11 Å². The highest BCUT2D eigenvalue weighted by Gasteiger charge is 2.06. The van der Waals surface area contributed by atoms with Crippen LogP contribution in [0.1, 0.15) is 12.8 Å². The summed E-state index contributed by atoms with van der Waals surface area (Å²) in [7, 11) is 1.70. The Morgan fingerprint density at radius 1 is 1.38 bits per heavy atom. The van der Waals surface area contributed by atoms with Gasteiger partial charge < -0.3 is 10.0 Å². The molecule has 0 saturated heterocycles. The Kier molecular flexibility index (Phi) is 4.22. The number of aliphatic carboxylic acids is 1. The summed E-state index contributed by atoms with van der Waals surface area (Å²) >= 11 is 0. The highest BCUT2D eigenvalue weighted by molar-refractivity contribution is 5.66. The van der Waals surface area contributed by atoms with E-state index in [0.29, 0.717) is 18.7 Å². The standard InChI is InChI=1S/C11H13F2NO2/c1-14(6-2-3-11(15)16)8-4-5-9(12)10(13)7-8/h4-5,7H,2-3,6H2,1H3,(H,15,16). The van der Waals surface area contributed by atoms with E-state index < -0.39 is 17.6 Å². The monoisotopic (exact) mass is 229 g/mol. The van der Waals surface area contributed by atoms with Gasteiger partial charge in [-0.05, 0) is 18.6 Å². The number of hydrogen-bond donors (Lipinski definition) is 1. The molecular weight excluding hydrogens is 216 g/mol. The summed E-state index contributed by atoms with van der Waals surface area (Å²) in [6, 6.07) is 3.60. The summed E-state index contributed by atoms with van der Waals surface area (Å²) in [5.74, 6) is -2.65. The zero-order valence-electron chi connectivity index (χ0n) is 8.91. The quantitative estimate of drug-likeness (QED) is 0.842. The van der Waals surface area contributed by atoms with Crippen molar-refractivity contribution >= 4 is 11.7 Å². The van der Waals surface area contributed by atoms with Gasteiger partial charge in [-0.1, -0.05) is 0 Å². The Balaban J connectivity index is 2.55. The highest BCUT2D eigenvalue weighted by atomic mass is 19.2. The summed E-state index contributed by atoms with van der Waals surface area (Å²) in [5.41, 5.74) is 0.532. The Bertz CT molecular complexity index is 382. The fourth-order valence-corrected chi connectivity index (χ4v) is 1.32. The summed E-state index contributed by atoms with van der Waals surface area (Å²) in [6.07, 6.45) is 0.527. The Labute approximate surface area is 92.3 Å². The van der Waals surface area contributed by atoms with E-state index in [9.17, 15) is 13.6 Å². The number of benzene rings is 1. The Hall–Kier alpha value is -1.65. The van der Waals surface area contributed by atoms with Crippen LogP contribution in [0.2, 0.25) is 0 Å². The molecule has 0 saturated carbocycles. The first kappa shape index (κ1) is 12.4. The molecule has 0 bridgehead atoms. The first-order valence-corrected chi connectivity index (χ1v) is 4.88. The van der Waals surface area contributed by atoms with Crippen LogP contribution in [0.25, 0.3) is 0 Å². The van der Waals surface area contributed by atoms with Crippen molar-refractivity contribution in [1.82, 2.24) is 0 Å². The summed E-state index contributed by atoms with van der Waals surface area (Å²) in [6.45, 7) is 0.484. The molecule has 1 rings (SSSR count). The molecule has 5 heteroatoms. The van der Waals surface area contributed by atoms with Crippen molar-refractivity contribution in [3.05, 3.63) is 29.8 Å². The topological polar surface area (TPSA) is 40.5 Å². The maximum Gasteiger partial charge on any atom is 0.303 e. The lowest BCUT2D eigenvalue weighted by atomic mass is 10.2. The second-order valence-corrected chi connectivity index (χ2v) is 3.52. The summed E-state index contributed by atoms with van der Waals surface area (Å²) in [5, 5.41) is 8.45. The van der Waals surface area contributed by atoms with Gasteiger partial charge in [0.25, 0.3) is 0 Å². The van der Waals surface area contributed by atoms with E-state index in [1.54, 1.807) is 11.9 Å². The third-order valence-electron chi connectivity index (χ3n) is 2.23. The largest absolute Gasteiger partial charge is 0.481 e. The second-order valence-electron chi connectivity index (χ2n) is 3.52. The average Bonchev–Trinajstić information content (AvgIpc) is 2.21. The van der Waals surface area contributed by atoms with Crippen LogP contribution in [0.15, 0.2) is 18.2 Å². The molecular formula is C11H13F2NO2. The van der Waals surface area contributed by atoms with Gasteiger partial charge in [-0.2, -0.15) is 0 Å². The third kappa shape index (κ3) is 3.49. The van der Waals surface area contributed by atoms with Crippen LogP contribution in [0.3, 0.4) is 0 Å². The first-order valence-electron chi connectivity index (χ1n) is 4.88.